The van der Waals surface area contributed by atoms with Gasteiger partial charge in [-0.25, -0.2) is 16.8 Å². The molecule has 0 aromatic heterocycles. The third kappa shape index (κ3) is 14.0. The second-order valence-corrected chi connectivity index (χ2v) is 14.5. The molecule has 2 rings (SSSR count). The molecule has 234 valence electrons. The van der Waals surface area contributed by atoms with Crippen molar-refractivity contribution in [1.82, 2.24) is 10.6 Å². The number of rotatable bonds is 17. The fourth-order valence-corrected chi connectivity index (χ4v) is 6.43. The van der Waals surface area contributed by atoms with Gasteiger partial charge in [-0.1, -0.05) is 62.4 Å². The van der Waals surface area contributed by atoms with Crippen LogP contribution in [0.25, 0.3) is 0 Å². The van der Waals surface area contributed by atoms with Crippen molar-refractivity contribution in [3.8, 4) is 0 Å². The summed E-state index contributed by atoms with van der Waals surface area (Å²) < 4.78 is 53.1. The predicted octanol–water partition coefficient (Wildman–Crippen LogP) is 0.585. The first-order valence-corrected chi connectivity index (χ1v) is 17.6. The van der Waals surface area contributed by atoms with Crippen LogP contribution in [0.3, 0.4) is 0 Å². The van der Waals surface area contributed by atoms with Gasteiger partial charge in [0.25, 0.3) is 15.9 Å². The molecule has 1 fully saturated rings. The first-order valence-electron chi connectivity index (χ1n) is 13.9. The van der Waals surface area contributed by atoms with Gasteiger partial charge in [0.05, 0.1) is 17.5 Å². The molecule has 1 saturated carbocycles. The molecule has 1 aromatic carbocycles. The third-order valence-electron chi connectivity index (χ3n) is 6.79. The van der Waals surface area contributed by atoms with Gasteiger partial charge in [-0.3, -0.25) is 14.6 Å². The van der Waals surface area contributed by atoms with Crippen molar-refractivity contribution in [2.24, 2.45) is 26.8 Å². The Kier molecular flexibility index (Phi) is 14.1. The smallest absolute Gasteiger partial charge is 0.267 e. The minimum absolute atomic E-state index is 0.0870. The van der Waals surface area contributed by atoms with E-state index in [2.05, 4.69) is 20.0 Å². The molecule has 1 aromatic rings. The van der Waals surface area contributed by atoms with Crippen molar-refractivity contribution >= 4 is 49.6 Å². The summed E-state index contributed by atoms with van der Waals surface area (Å²) >= 11 is 0. The number of guanidine groups is 1. The van der Waals surface area contributed by atoms with E-state index in [0.29, 0.717) is 18.3 Å². The Balaban J connectivity index is 2.27. The van der Waals surface area contributed by atoms with Gasteiger partial charge in [0, 0.05) is 19.2 Å². The van der Waals surface area contributed by atoms with Crippen molar-refractivity contribution in [3.63, 3.8) is 0 Å². The van der Waals surface area contributed by atoms with Crippen LogP contribution in [0.4, 0.5) is 0 Å². The van der Waals surface area contributed by atoms with Crippen LogP contribution in [-0.2, 0) is 40.0 Å². The number of amides is 2. The van der Waals surface area contributed by atoms with Crippen LogP contribution in [-0.4, -0.2) is 77.2 Å². The van der Waals surface area contributed by atoms with Gasteiger partial charge in [-0.15, -0.1) is 0 Å². The monoisotopic (exact) mass is 626 g/mol. The largest absolute Gasteiger partial charge is 0.370 e. The normalized spacial score (nSPS) is 16.2. The Morgan fingerprint density at radius 3 is 2.31 bits per heavy atom. The van der Waals surface area contributed by atoms with Gasteiger partial charge in [-0.2, -0.15) is 4.40 Å². The fourth-order valence-electron chi connectivity index (χ4n) is 4.67. The van der Waals surface area contributed by atoms with E-state index in [-0.39, 0.29) is 31.3 Å². The standard InChI is InChI=1S/C27H42N6O7S2/c1-41(37,38)16-14-23(33-42(39,40)19-21-11-6-3-7-12-21)25(35)32-24(17-20-9-4-2-5-10-20)26(36)31-22(18-34)13-8-15-30-27(28)29/h3,6-7,11-12,18,20,22,24H,2,4-5,8-10,13-17,19H2,1H3,(H,31,36)(H,32,35)(H4,28,29,30)/b33-23+/t22?,24-/m0/s1. The van der Waals surface area contributed by atoms with E-state index in [1.165, 1.54) is 0 Å². The van der Waals surface area contributed by atoms with Gasteiger partial charge >= 0.3 is 0 Å². The number of sulfone groups is 1. The molecule has 42 heavy (non-hydrogen) atoms. The fraction of sp³-hybridized carbons (Fsp3) is 0.593. The molecule has 0 spiro atoms. The number of benzene rings is 1. The first-order chi connectivity index (χ1) is 19.8. The van der Waals surface area contributed by atoms with E-state index in [1.54, 1.807) is 30.3 Å². The topological polar surface area (TPSA) is 220 Å². The van der Waals surface area contributed by atoms with E-state index in [1.807, 2.05) is 0 Å². The second-order valence-electron chi connectivity index (χ2n) is 10.6. The molecular weight excluding hydrogens is 584 g/mol. The molecule has 13 nitrogen and oxygen atoms in total. The van der Waals surface area contributed by atoms with E-state index in [4.69, 9.17) is 11.5 Å². The molecule has 0 aliphatic heterocycles. The Morgan fingerprint density at radius 2 is 1.71 bits per heavy atom. The zero-order valence-corrected chi connectivity index (χ0v) is 25.5. The number of sulfonamides is 1. The minimum Gasteiger partial charge on any atom is -0.370 e. The van der Waals surface area contributed by atoms with Gasteiger partial charge in [0.1, 0.15) is 27.9 Å². The lowest BCUT2D eigenvalue weighted by Gasteiger charge is -2.27. The number of carbonyl (C=O) groups is 3. The van der Waals surface area contributed by atoms with Gasteiger partial charge in [-0.05, 0) is 30.7 Å². The lowest BCUT2D eigenvalue weighted by atomic mass is 9.84. The second kappa shape index (κ2) is 16.9. The SMILES string of the molecule is CS(=O)(=O)CC/C(=N\S(=O)(=O)Cc1ccccc1)C(=O)N[C@@H](CC1CCCCC1)C(=O)NC(C=O)CCCN=C(N)N. The quantitative estimate of drug-likeness (QED) is 0.0821. The maximum Gasteiger partial charge on any atom is 0.267 e. The number of hydrogen-bond acceptors (Lipinski definition) is 8. The van der Waals surface area contributed by atoms with Crippen LogP contribution in [0.15, 0.2) is 39.7 Å². The molecule has 1 aliphatic rings. The minimum atomic E-state index is -4.21. The van der Waals surface area contributed by atoms with Crippen molar-refractivity contribution in [1.29, 1.82) is 0 Å². The Bertz CT molecular complexity index is 1320. The van der Waals surface area contributed by atoms with Crippen LogP contribution >= 0.6 is 0 Å². The zero-order chi connectivity index (χ0) is 31.2. The molecule has 0 bridgehead atoms. The molecule has 2 atom stereocenters. The van der Waals surface area contributed by atoms with Crippen molar-refractivity contribution in [2.45, 2.75) is 75.6 Å². The summed E-state index contributed by atoms with van der Waals surface area (Å²) in [4.78, 5) is 42.2. The van der Waals surface area contributed by atoms with Gasteiger partial charge in [0.15, 0.2) is 5.96 Å². The Labute approximate surface area is 248 Å². The van der Waals surface area contributed by atoms with Gasteiger partial charge in [0.2, 0.25) is 5.91 Å². The maximum absolute atomic E-state index is 13.4. The van der Waals surface area contributed by atoms with E-state index < -0.39 is 67.4 Å². The van der Waals surface area contributed by atoms with Crippen LogP contribution in [0.5, 0.6) is 0 Å². The van der Waals surface area contributed by atoms with Crippen molar-refractivity contribution in [2.75, 3.05) is 18.6 Å². The first kappa shape index (κ1) is 34.9. The highest BCUT2D eigenvalue weighted by Gasteiger charge is 2.29. The van der Waals surface area contributed by atoms with E-state index in [9.17, 15) is 31.2 Å². The van der Waals surface area contributed by atoms with Crippen LogP contribution in [0, 0.1) is 5.92 Å². The van der Waals surface area contributed by atoms with Crippen molar-refractivity contribution < 1.29 is 31.2 Å². The number of carbonyl (C=O) groups excluding carboxylic acids is 3. The van der Waals surface area contributed by atoms with Gasteiger partial charge < -0.3 is 26.9 Å². The highest BCUT2D eigenvalue weighted by molar-refractivity contribution is 7.90. The molecule has 6 N–H and O–H groups in total. The number of nitrogens with one attached hydrogen (secondary N) is 2. The summed E-state index contributed by atoms with van der Waals surface area (Å²) in [6, 6.07) is 6.27. The number of nitrogens with zero attached hydrogens (tertiary/aromatic N) is 2. The number of nitrogens with two attached hydrogens (primary N) is 2. The zero-order valence-electron chi connectivity index (χ0n) is 23.9. The molecule has 1 unspecified atom stereocenters. The summed E-state index contributed by atoms with van der Waals surface area (Å²) in [5.41, 5.74) is 10.6. The molecular formula is C27H42N6O7S2. The maximum atomic E-state index is 13.4. The summed E-state index contributed by atoms with van der Waals surface area (Å²) in [6.07, 6.45) is 6.79. The van der Waals surface area contributed by atoms with E-state index in [0.717, 1.165) is 38.4 Å². The average Bonchev–Trinajstić information content (AvgIpc) is 2.92. The average molecular weight is 627 g/mol. The third-order valence-corrected chi connectivity index (χ3v) is 8.93. The molecule has 2 amide bonds. The summed E-state index contributed by atoms with van der Waals surface area (Å²) in [5.74, 6) is -2.52. The van der Waals surface area contributed by atoms with Crippen LogP contribution in [0.2, 0.25) is 0 Å². The predicted molar refractivity (Wildman–Crippen MR) is 162 cm³/mol. The molecule has 15 heteroatoms. The Morgan fingerprint density at radius 1 is 1.05 bits per heavy atom. The Hall–Kier alpha value is -3.33. The lowest BCUT2D eigenvalue weighted by molar-refractivity contribution is -0.128. The molecule has 1 aliphatic carbocycles. The van der Waals surface area contributed by atoms with Crippen molar-refractivity contribution in [3.05, 3.63) is 35.9 Å². The molecule has 0 saturated heterocycles. The summed E-state index contributed by atoms with van der Waals surface area (Å²) in [7, 11) is -7.78. The molecule has 0 radical (unpaired) electrons. The highest BCUT2D eigenvalue weighted by Crippen LogP contribution is 2.27. The summed E-state index contributed by atoms with van der Waals surface area (Å²) in [6.45, 7) is 0.266. The molecule has 0 heterocycles. The van der Waals surface area contributed by atoms with E-state index >= 15 is 0 Å². The lowest BCUT2D eigenvalue weighted by Crippen LogP contribution is -2.52. The van der Waals surface area contributed by atoms with Crippen LogP contribution < -0.4 is 22.1 Å². The summed E-state index contributed by atoms with van der Waals surface area (Å²) in [5, 5.41) is 5.23. The highest BCUT2D eigenvalue weighted by atomic mass is 32.2. The number of aldehydes is 1. The number of aliphatic imine (C=N–C) groups is 1. The van der Waals surface area contributed by atoms with Crippen LogP contribution in [0.1, 0.15) is 63.4 Å². The number of hydrogen-bond donors (Lipinski definition) is 4.